The SMILES string of the molecule is CCOC(=O)C(C)Oc1ccc(Br)cc1C(C)C. The standard InChI is InChI=1S/C14H19BrO3/c1-5-17-14(16)10(4)18-13-7-6-11(15)8-12(13)9(2)3/h6-10H,5H2,1-4H3. The van der Waals surface area contributed by atoms with E-state index in [1.165, 1.54) is 0 Å². The Morgan fingerprint density at radius 3 is 2.56 bits per heavy atom. The van der Waals surface area contributed by atoms with Gasteiger partial charge >= 0.3 is 5.97 Å². The maximum atomic E-state index is 11.5. The minimum Gasteiger partial charge on any atom is -0.479 e. The minimum atomic E-state index is -0.594. The van der Waals surface area contributed by atoms with Crippen LogP contribution in [0.2, 0.25) is 0 Å². The molecule has 1 rings (SSSR count). The lowest BCUT2D eigenvalue weighted by Gasteiger charge is -2.18. The molecule has 0 saturated heterocycles. The van der Waals surface area contributed by atoms with Crippen LogP contribution < -0.4 is 4.74 Å². The second kappa shape index (κ2) is 6.78. The summed E-state index contributed by atoms with van der Waals surface area (Å²) < 4.78 is 11.6. The van der Waals surface area contributed by atoms with Gasteiger partial charge in [-0.3, -0.25) is 0 Å². The highest BCUT2D eigenvalue weighted by atomic mass is 79.9. The van der Waals surface area contributed by atoms with E-state index >= 15 is 0 Å². The summed E-state index contributed by atoms with van der Waals surface area (Å²) in [4.78, 5) is 11.5. The van der Waals surface area contributed by atoms with Crippen molar-refractivity contribution in [3.8, 4) is 5.75 Å². The molecule has 18 heavy (non-hydrogen) atoms. The van der Waals surface area contributed by atoms with Crippen molar-refractivity contribution in [3.05, 3.63) is 28.2 Å². The Morgan fingerprint density at radius 1 is 1.33 bits per heavy atom. The van der Waals surface area contributed by atoms with Gasteiger partial charge in [0.25, 0.3) is 0 Å². The summed E-state index contributed by atoms with van der Waals surface area (Å²) in [6.45, 7) is 8.02. The Labute approximate surface area is 117 Å². The zero-order chi connectivity index (χ0) is 13.7. The van der Waals surface area contributed by atoms with Crippen molar-refractivity contribution in [1.29, 1.82) is 0 Å². The molecule has 3 nitrogen and oxygen atoms in total. The highest BCUT2D eigenvalue weighted by Crippen LogP contribution is 2.30. The first kappa shape index (κ1) is 15.0. The monoisotopic (exact) mass is 314 g/mol. The third-order valence-electron chi connectivity index (χ3n) is 2.52. The van der Waals surface area contributed by atoms with Crippen molar-refractivity contribution in [1.82, 2.24) is 0 Å². The van der Waals surface area contributed by atoms with E-state index in [9.17, 15) is 4.79 Å². The number of rotatable bonds is 5. The number of hydrogen-bond donors (Lipinski definition) is 0. The van der Waals surface area contributed by atoms with Gasteiger partial charge in [-0.05, 0) is 43.5 Å². The zero-order valence-electron chi connectivity index (χ0n) is 11.2. The Morgan fingerprint density at radius 2 is 2.00 bits per heavy atom. The Balaban J connectivity index is 2.87. The van der Waals surface area contributed by atoms with Crippen LogP contribution in [-0.4, -0.2) is 18.7 Å². The first-order valence-electron chi connectivity index (χ1n) is 6.08. The van der Waals surface area contributed by atoms with Crippen LogP contribution in [0.1, 0.15) is 39.2 Å². The van der Waals surface area contributed by atoms with E-state index in [0.717, 1.165) is 15.8 Å². The van der Waals surface area contributed by atoms with Gasteiger partial charge in [0.2, 0.25) is 0 Å². The summed E-state index contributed by atoms with van der Waals surface area (Å²) in [7, 11) is 0. The molecule has 4 heteroatoms. The number of carbonyl (C=O) groups is 1. The van der Waals surface area contributed by atoms with Crippen LogP contribution in [0.25, 0.3) is 0 Å². The highest BCUT2D eigenvalue weighted by Gasteiger charge is 2.18. The van der Waals surface area contributed by atoms with Gasteiger partial charge in [0.1, 0.15) is 5.75 Å². The summed E-state index contributed by atoms with van der Waals surface area (Å²) in [5.74, 6) is 0.718. The van der Waals surface area contributed by atoms with Crippen LogP contribution >= 0.6 is 15.9 Å². The van der Waals surface area contributed by atoms with E-state index in [1.54, 1.807) is 13.8 Å². The molecule has 0 fully saturated rings. The Kier molecular flexibility index (Phi) is 5.66. The summed E-state index contributed by atoms with van der Waals surface area (Å²) >= 11 is 3.44. The maximum Gasteiger partial charge on any atom is 0.347 e. The molecule has 0 radical (unpaired) electrons. The van der Waals surface area contributed by atoms with E-state index in [2.05, 4.69) is 29.8 Å². The first-order chi connectivity index (χ1) is 8.45. The fraction of sp³-hybridized carbons (Fsp3) is 0.500. The molecule has 1 aromatic rings. The average molecular weight is 315 g/mol. The van der Waals surface area contributed by atoms with Gasteiger partial charge < -0.3 is 9.47 Å². The van der Waals surface area contributed by atoms with Gasteiger partial charge in [0.05, 0.1) is 6.61 Å². The van der Waals surface area contributed by atoms with Gasteiger partial charge in [0.15, 0.2) is 6.10 Å². The Bertz CT molecular complexity index is 416. The molecule has 1 unspecified atom stereocenters. The third-order valence-corrected chi connectivity index (χ3v) is 3.01. The summed E-state index contributed by atoms with van der Waals surface area (Å²) in [5.41, 5.74) is 1.07. The smallest absolute Gasteiger partial charge is 0.347 e. The number of halogens is 1. The molecule has 0 amide bonds. The normalized spacial score (nSPS) is 12.3. The van der Waals surface area contributed by atoms with Crippen molar-refractivity contribution < 1.29 is 14.3 Å². The van der Waals surface area contributed by atoms with E-state index in [-0.39, 0.29) is 5.97 Å². The quantitative estimate of drug-likeness (QED) is 0.773. The molecular formula is C14H19BrO3. The number of benzene rings is 1. The molecule has 1 aromatic carbocycles. The number of carbonyl (C=O) groups excluding carboxylic acids is 1. The Hall–Kier alpha value is -1.03. The molecule has 0 aliphatic rings. The lowest BCUT2D eigenvalue weighted by Crippen LogP contribution is -2.26. The van der Waals surface area contributed by atoms with E-state index in [4.69, 9.17) is 9.47 Å². The van der Waals surface area contributed by atoms with Gasteiger partial charge in [-0.25, -0.2) is 4.79 Å². The van der Waals surface area contributed by atoms with Crippen molar-refractivity contribution in [2.24, 2.45) is 0 Å². The van der Waals surface area contributed by atoms with Gasteiger partial charge in [-0.15, -0.1) is 0 Å². The highest BCUT2D eigenvalue weighted by molar-refractivity contribution is 9.10. The lowest BCUT2D eigenvalue weighted by atomic mass is 10.0. The van der Waals surface area contributed by atoms with Gasteiger partial charge in [-0.1, -0.05) is 29.8 Å². The van der Waals surface area contributed by atoms with Crippen molar-refractivity contribution >= 4 is 21.9 Å². The predicted molar refractivity (Wildman–Crippen MR) is 75.0 cm³/mol. The fourth-order valence-electron chi connectivity index (χ4n) is 1.58. The van der Waals surface area contributed by atoms with Crippen LogP contribution in [0.3, 0.4) is 0 Å². The first-order valence-corrected chi connectivity index (χ1v) is 6.87. The van der Waals surface area contributed by atoms with Crippen LogP contribution in [-0.2, 0) is 9.53 Å². The molecule has 0 spiro atoms. The van der Waals surface area contributed by atoms with Crippen molar-refractivity contribution in [2.75, 3.05) is 6.61 Å². The molecule has 0 aromatic heterocycles. The number of hydrogen-bond acceptors (Lipinski definition) is 3. The second-order valence-corrected chi connectivity index (χ2v) is 5.26. The van der Waals surface area contributed by atoms with Crippen LogP contribution in [0.5, 0.6) is 5.75 Å². The molecule has 1 atom stereocenters. The van der Waals surface area contributed by atoms with E-state index in [1.807, 2.05) is 18.2 Å². The lowest BCUT2D eigenvalue weighted by molar-refractivity contribution is -0.150. The minimum absolute atomic E-state index is 0.326. The summed E-state index contributed by atoms with van der Waals surface area (Å²) in [6.07, 6.45) is -0.594. The molecule has 0 N–H and O–H groups in total. The number of ether oxygens (including phenoxy) is 2. The fourth-order valence-corrected chi connectivity index (χ4v) is 1.95. The molecule has 0 heterocycles. The zero-order valence-corrected chi connectivity index (χ0v) is 12.8. The topological polar surface area (TPSA) is 35.5 Å². The molecule has 0 aliphatic heterocycles. The van der Waals surface area contributed by atoms with Crippen molar-refractivity contribution in [2.45, 2.75) is 39.7 Å². The van der Waals surface area contributed by atoms with Gasteiger partial charge in [-0.2, -0.15) is 0 Å². The molecule has 0 aliphatic carbocycles. The van der Waals surface area contributed by atoms with Crippen LogP contribution in [0, 0.1) is 0 Å². The third kappa shape index (κ3) is 4.02. The maximum absolute atomic E-state index is 11.5. The molecule has 0 bridgehead atoms. The average Bonchev–Trinajstić information content (AvgIpc) is 2.31. The molecular weight excluding hydrogens is 296 g/mol. The van der Waals surface area contributed by atoms with Crippen LogP contribution in [0.4, 0.5) is 0 Å². The second-order valence-electron chi connectivity index (χ2n) is 4.35. The largest absolute Gasteiger partial charge is 0.479 e. The molecule has 0 saturated carbocycles. The van der Waals surface area contributed by atoms with Crippen molar-refractivity contribution in [3.63, 3.8) is 0 Å². The number of esters is 1. The van der Waals surface area contributed by atoms with Crippen LogP contribution in [0.15, 0.2) is 22.7 Å². The summed E-state index contributed by atoms with van der Waals surface area (Å²) in [5, 5.41) is 0. The molecule has 100 valence electrons. The van der Waals surface area contributed by atoms with E-state index < -0.39 is 6.10 Å². The predicted octanol–water partition coefficient (Wildman–Crippen LogP) is 3.90. The van der Waals surface area contributed by atoms with Gasteiger partial charge in [0, 0.05) is 4.47 Å². The van der Waals surface area contributed by atoms with E-state index in [0.29, 0.717) is 12.5 Å². The summed E-state index contributed by atoms with van der Waals surface area (Å²) in [6, 6.07) is 5.78.